The van der Waals surface area contributed by atoms with Gasteiger partial charge in [-0.3, -0.25) is 19.3 Å². The summed E-state index contributed by atoms with van der Waals surface area (Å²) in [6.07, 6.45) is 0. The van der Waals surface area contributed by atoms with Crippen LogP contribution < -0.4 is 10.9 Å². The average molecular weight is 385 g/mol. The van der Waals surface area contributed by atoms with Crippen molar-refractivity contribution in [2.45, 2.75) is 13.5 Å². The van der Waals surface area contributed by atoms with Crippen LogP contribution in [-0.2, 0) is 6.54 Å². The number of aromatic nitrogens is 4. The number of nitrogens with one attached hydrogen (secondary N) is 2. The van der Waals surface area contributed by atoms with E-state index in [0.29, 0.717) is 30.0 Å². The third-order valence-corrected chi connectivity index (χ3v) is 5.70. The molecule has 0 aliphatic heterocycles. The van der Waals surface area contributed by atoms with Crippen molar-refractivity contribution in [3.63, 3.8) is 0 Å². The number of H-pyrrole nitrogens is 1. The minimum absolute atomic E-state index is 0.0808. The first-order valence-electron chi connectivity index (χ1n) is 7.95. The Morgan fingerprint density at radius 3 is 3.00 bits per heavy atom. The van der Waals surface area contributed by atoms with Crippen molar-refractivity contribution in [3.8, 4) is 10.6 Å². The predicted octanol–water partition coefficient (Wildman–Crippen LogP) is 2.65. The number of nitrogens with zero attached hydrogens (tertiary/aromatic N) is 3. The Morgan fingerprint density at radius 1 is 1.31 bits per heavy atom. The molecule has 4 heterocycles. The van der Waals surface area contributed by atoms with Crippen molar-refractivity contribution in [1.29, 1.82) is 0 Å². The summed E-state index contributed by atoms with van der Waals surface area (Å²) in [5, 5.41) is 14.2. The number of amides is 1. The van der Waals surface area contributed by atoms with Gasteiger partial charge in [-0.1, -0.05) is 6.07 Å². The molecule has 0 saturated heterocycles. The van der Waals surface area contributed by atoms with E-state index in [-0.39, 0.29) is 11.5 Å². The monoisotopic (exact) mass is 385 g/mol. The van der Waals surface area contributed by atoms with E-state index in [9.17, 15) is 9.59 Å². The van der Waals surface area contributed by atoms with Gasteiger partial charge in [0.1, 0.15) is 10.7 Å². The molecule has 0 unspecified atom stereocenters. The molecule has 0 spiro atoms. The molecule has 1 amide bonds. The third kappa shape index (κ3) is 3.06. The standard InChI is InChI=1S/C17H15N5O2S2/c1-10-19-16-11(4-8-26-16)17(24)22(10)6-5-18-15(23)13-9-12(20-21-13)14-3-2-7-25-14/h2-4,7-9H,5-6H2,1H3,(H,18,23)(H,20,21). The maximum atomic E-state index is 12.5. The lowest BCUT2D eigenvalue weighted by atomic mass is 10.3. The van der Waals surface area contributed by atoms with Crippen LogP contribution in [0, 0.1) is 6.92 Å². The summed E-state index contributed by atoms with van der Waals surface area (Å²) < 4.78 is 1.58. The summed E-state index contributed by atoms with van der Waals surface area (Å²) in [5.41, 5.74) is 1.05. The Hall–Kier alpha value is -2.78. The molecule has 132 valence electrons. The van der Waals surface area contributed by atoms with E-state index in [0.717, 1.165) is 15.4 Å². The van der Waals surface area contributed by atoms with E-state index in [1.807, 2.05) is 22.9 Å². The van der Waals surface area contributed by atoms with Gasteiger partial charge in [0.25, 0.3) is 11.5 Å². The van der Waals surface area contributed by atoms with E-state index in [4.69, 9.17) is 0 Å². The topological polar surface area (TPSA) is 92.7 Å². The maximum Gasteiger partial charge on any atom is 0.271 e. The number of carbonyl (C=O) groups excluding carboxylic acids is 1. The van der Waals surface area contributed by atoms with Gasteiger partial charge < -0.3 is 5.32 Å². The largest absolute Gasteiger partial charge is 0.349 e. The fraction of sp³-hybridized carbons (Fsp3) is 0.176. The smallest absolute Gasteiger partial charge is 0.271 e. The van der Waals surface area contributed by atoms with Gasteiger partial charge in [0.2, 0.25) is 0 Å². The molecule has 0 atom stereocenters. The van der Waals surface area contributed by atoms with Gasteiger partial charge in [0, 0.05) is 13.1 Å². The average Bonchev–Trinajstić information content (AvgIpc) is 3.37. The first-order chi connectivity index (χ1) is 12.6. The van der Waals surface area contributed by atoms with Crippen molar-refractivity contribution < 1.29 is 4.79 Å². The molecule has 0 saturated carbocycles. The van der Waals surface area contributed by atoms with Crippen LogP contribution in [-0.4, -0.2) is 32.2 Å². The van der Waals surface area contributed by atoms with Crippen LogP contribution in [0.25, 0.3) is 20.8 Å². The lowest BCUT2D eigenvalue weighted by molar-refractivity contribution is 0.0947. The fourth-order valence-electron chi connectivity index (χ4n) is 2.68. The Balaban J connectivity index is 1.43. The molecular formula is C17H15N5O2S2. The number of hydrogen-bond donors (Lipinski definition) is 2. The molecule has 26 heavy (non-hydrogen) atoms. The van der Waals surface area contributed by atoms with Gasteiger partial charge in [-0.05, 0) is 35.9 Å². The summed E-state index contributed by atoms with van der Waals surface area (Å²) in [4.78, 5) is 31.0. The van der Waals surface area contributed by atoms with Crippen LogP contribution in [0.15, 0.2) is 39.8 Å². The summed E-state index contributed by atoms with van der Waals surface area (Å²) in [6, 6.07) is 7.40. The van der Waals surface area contributed by atoms with Crippen molar-refractivity contribution in [3.05, 3.63) is 56.9 Å². The second kappa shape index (κ2) is 6.85. The Bertz CT molecular complexity index is 1120. The molecule has 0 fully saturated rings. The van der Waals surface area contributed by atoms with Crippen LogP contribution in [0.1, 0.15) is 16.3 Å². The maximum absolute atomic E-state index is 12.5. The summed E-state index contributed by atoms with van der Waals surface area (Å²) in [6.45, 7) is 2.47. The molecule has 7 nitrogen and oxygen atoms in total. The molecule has 0 aliphatic rings. The van der Waals surface area contributed by atoms with E-state index < -0.39 is 0 Å². The highest BCUT2D eigenvalue weighted by Crippen LogP contribution is 2.22. The van der Waals surface area contributed by atoms with Crippen molar-refractivity contribution in [2.75, 3.05) is 6.54 Å². The Labute approximate surface area is 156 Å². The molecule has 0 bridgehead atoms. The summed E-state index contributed by atoms with van der Waals surface area (Å²) >= 11 is 3.02. The van der Waals surface area contributed by atoms with Crippen molar-refractivity contribution in [2.24, 2.45) is 0 Å². The zero-order chi connectivity index (χ0) is 18.1. The molecule has 0 radical (unpaired) electrons. The number of aromatic amines is 1. The quantitative estimate of drug-likeness (QED) is 0.552. The van der Waals surface area contributed by atoms with Crippen molar-refractivity contribution >= 4 is 38.8 Å². The Kier molecular flexibility index (Phi) is 4.39. The first-order valence-corrected chi connectivity index (χ1v) is 9.71. The summed E-state index contributed by atoms with van der Waals surface area (Å²) in [7, 11) is 0. The lowest BCUT2D eigenvalue weighted by Gasteiger charge is -2.09. The fourth-order valence-corrected chi connectivity index (χ4v) is 4.17. The number of carbonyl (C=O) groups is 1. The zero-order valence-electron chi connectivity index (χ0n) is 13.9. The van der Waals surface area contributed by atoms with E-state index in [2.05, 4.69) is 20.5 Å². The van der Waals surface area contributed by atoms with E-state index in [1.165, 1.54) is 11.3 Å². The van der Waals surface area contributed by atoms with Crippen LogP contribution in [0.4, 0.5) is 0 Å². The SMILES string of the molecule is Cc1nc2sccc2c(=O)n1CCNC(=O)c1cc(-c2cccs2)[nH]n1. The molecule has 4 aromatic heterocycles. The number of thiophene rings is 2. The number of hydrogen-bond acceptors (Lipinski definition) is 6. The molecule has 0 aliphatic carbocycles. The number of rotatable bonds is 5. The normalized spacial score (nSPS) is 11.1. The van der Waals surface area contributed by atoms with Gasteiger partial charge in [-0.15, -0.1) is 22.7 Å². The molecule has 4 aromatic rings. The lowest BCUT2D eigenvalue weighted by Crippen LogP contribution is -2.32. The minimum Gasteiger partial charge on any atom is -0.349 e. The number of fused-ring (bicyclic) bond motifs is 1. The van der Waals surface area contributed by atoms with Gasteiger partial charge in [0.15, 0.2) is 5.69 Å². The molecular weight excluding hydrogens is 370 g/mol. The van der Waals surface area contributed by atoms with E-state index in [1.54, 1.807) is 35.0 Å². The second-order valence-corrected chi connectivity index (χ2v) is 7.50. The molecule has 9 heteroatoms. The zero-order valence-corrected chi connectivity index (χ0v) is 15.5. The first kappa shape index (κ1) is 16.7. The van der Waals surface area contributed by atoms with Crippen LogP contribution in [0.2, 0.25) is 0 Å². The van der Waals surface area contributed by atoms with E-state index >= 15 is 0 Å². The molecule has 0 aromatic carbocycles. The highest BCUT2D eigenvalue weighted by Gasteiger charge is 2.13. The van der Waals surface area contributed by atoms with Crippen LogP contribution in [0.3, 0.4) is 0 Å². The highest BCUT2D eigenvalue weighted by atomic mass is 32.1. The highest BCUT2D eigenvalue weighted by molar-refractivity contribution is 7.16. The van der Waals surface area contributed by atoms with Gasteiger partial charge >= 0.3 is 0 Å². The second-order valence-electron chi connectivity index (χ2n) is 5.66. The summed E-state index contributed by atoms with van der Waals surface area (Å²) in [5.74, 6) is 0.360. The predicted molar refractivity (Wildman–Crippen MR) is 103 cm³/mol. The van der Waals surface area contributed by atoms with Gasteiger partial charge in [-0.25, -0.2) is 4.98 Å². The third-order valence-electron chi connectivity index (χ3n) is 3.99. The van der Waals surface area contributed by atoms with Crippen LogP contribution >= 0.6 is 22.7 Å². The van der Waals surface area contributed by atoms with Gasteiger partial charge in [0.05, 0.1) is 16.0 Å². The Morgan fingerprint density at radius 2 is 2.19 bits per heavy atom. The number of aryl methyl sites for hydroxylation is 1. The van der Waals surface area contributed by atoms with Gasteiger partial charge in [-0.2, -0.15) is 5.10 Å². The molecule has 4 rings (SSSR count). The minimum atomic E-state index is -0.278. The molecule has 2 N–H and O–H groups in total. The van der Waals surface area contributed by atoms with Crippen LogP contribution in [0.5, 0.6) is 0 Å². The van der Waals surface area contributed by atoms with Crippen molar-refractivity contribution in [1.82, 2.24) is 25.1 Å².